The Morgan fingerprint density at radius 3 is 2.80 bits per heavy atom. The highest BCUT2D eigenvalue weighted by Gasteiger charge is 2.34. The Kier molecular flexibility index (Phi) is 3.47. The van der Waals surface area contributed by atoms with Crippen LogP contribution in [0.2, 0.25) is 0 Å². The molecular formula is C16H21N3O. The summed E-state index contributed by atoms with van der Waals surface area (Å²) in [7, 11) is 0. The van der Waals surface area contributed by atoms with Crippen LogP contribution in [-0.2, 0) is 11.8 Å². The zero-order valence-corrected chi connectivity index (χ0v) is 12.2. The van der Waals surface area contributed by atoms with Gasteiger partial charge in [-0.2, -0.15) is 4.98 Å². The van der Waals surface area contributed by atoms with Crippen molar-refractivity contribution in [3.05, 3.63) is 41.8 Å². The molecule has 0 spiro atoms. The number of hydrogen-bond donors (Lipinski definition) is 0. The molecule has 1 aromatic carbocycles. The molecule has 1 atom stereocenters. The molecule has 0 unspecified atom stereocenters. The van der Waals surface area contributed by atoms with Gasteiger partial charge in [0.15, 0.2) is 0 Å². The van der Waals surface area contributed by atoms with Gasteiger partial charge in [-0.15, -0.1) is 0 Å². The molecule has 1 saturated heterocycles. The number of aryl methyl sites for hydroxylation is 1. The topological polar surface area (TPSA) is 42.2 Å². The van der Waals surface area contributed by atoms with Crippen LogP contribution in [0.25, 0.3) is 0 Å². The Hall–Kier alpha value is -1.84. The Morgan fingerprint density at radius 2 is 2.10 bits per heavy atom. The highest BCUT2D eigenvalue weighted by atomic mass is 16.5. The van der Waals surface area contributed by atoms with Crippen LogP contribution < -0.4 is 4.90 Å². The first-order chi connectivity index (χ1) is 9.71. The van der Waals surface area contributed by atoms with E-state index >= 15 is 0 Å². The lowest BCUT2D eigenvalue weighted by atomic mass is 9.76. The van der Waals surface area contributed by atoms with Crippen molar-refractivity contribution in [3.63, 3.8) is 0 Å². The van der Waals surface area contributed by atoms with Gasteiger partial charge in [0.2, 0.25) is 5.89 Å². The third-order valence-electron chi connectivity index (χ3n) is 4.21. The van der Waals surface area contributed by atoms with Gasteiger partial charge in [0, 0.05) is 24.9 Å². The van der Waals surface area contributed by atoms with E-state index in [1.54, 1.807) is 0 Å². The molecular weight excluding hydrogens is 250 g/mol. The van der Waals surface area contributed by atoms with Crippen molar-refractivity contribution in [2.45, 2.75) is 38.5 Å². The number of rotatable bonds is 3. The SMILES string of the molecule is CCc1nc(N2CCC[C@](C)(c3ccccc3)C2)no1. The maximum absolute atomic E-state index is 5.24. The summed E-state index contributed by atoms with van der Waals surface area (Å²) in [5.41, 5.74) is 1.55. The highest BCUT2D eigenvalue weighted by molar-refractivity contribution is 5.35. The fourth-order valence-corrected chi connectivity index (χ4v) is 3.00. The van der Waals surface area contributed by atoms with E-state index in [-0.39, 0.29) is 5.41 Å². The van der Waals surface area contributed by atoms with E-state index in [2.05, 4.69) is 52.3 Å². The molecule has 0 bridgehead atoms. The van der Waals surface area contributed by atoms with Crippen LogP contribution in [0.4, 0.5) is 5.95 Å². The van der Waals surface area contributed by atoms with Crippen molar-refractivity contribution < 1.29 is 4.52 Å². The normalized spacial score (nSPS) is 23.0. The molecule has 3 rings (SSSR count). The van der Waals surface area contributed by atoms with Crippen LogP contribution in [0, 0.1) is 0 Å². The maximum Gasteiger partial charge on any atom is 0.266 e. The first kappa shape index (κ1) is 13.2. The monoisotopic (exact) mass is 271 g/mol. The third-order valence-corrected chi connectivity index (χ3v) is 4.21. The van der Waals surface area contributed by atoms with E-state index in [1.807, 2.05) is 6.92 Å². The minimum absolute atomic E-state index is 0.159. The predicted octanol–water partition coefficient (Wildman–Crippen LogP) is 3.19. The molecule has 2 heterocycles. The van der Waals surface area contributed by atoms with Crippen molar-refractivity contribution in [2.75, 3.05) is 18.0 Å². The second-order valence-electron chi connectivity index (χ2n) is 5.79. The van der Waals surface area contributed by atoms with E-state index in [4.69, 9.17) is 4.52 Å². The summed E-state index contributed by atoms with van der Waals surface area (Å²) in [6, 6.07) is 10.7. The molecule has 4 nitrogen and oxygen atoms in total. The van der Waals surface area contributed by atoms with Gasteiger partial charge in [0.1, 0.15) is 0 Å². The van der Waals surface area contributed by atoms with Crippen molar-refractivity contribution in [1.82, 2.24) is 10.1 Å². The first-order valence-corrected chi connectivity index (χ1v) is 7.34. The van der Waals surface area contributed by atoms with Crippen LogP contribution in [0.1, 0.15) is 38.1 Å². The molecule has 0 aliphatic carbocycles. The highest BCUT2D eigenvalue weighted by Crippen LogP contribution is 2.34. The van der Waals surface area contributed by atoms with Gasteiger partial charge in [0.25, 0.3) is 5.95 Å². The van der Waals surface area contributed by atoms with Crippen LogP contribution >= 0.6 is 0 Å². The molecule has 1 fully saturated rings. The lowest BCUT2D eigenvalue weighted by Gasteiger charge is -2.40. The summed E-state index contributed by atoms with van der Waals surface area (Å²) in [5.74, 6) is 1.45. The average Bonchev–Trinajstić information content (AvgIpc) is 2.97. The molecule has 2 aromatic rings. The van der Waals surface area contributed by atoms with Gasteiger partial charge < -0.3 is 9.42 Å². The molecule has 4 heteroatoms. The zero-order valence-electron chi connectivity index (χ0n) is 12.2. The third kappa shape index (κ3) is 2.42. The van der Waals surface area contributed by atoms with Crippen LogP contribution in [-0.4, -0.2) is 23.2 Å². The maximum atomic E-state index is 5.24. The van der Waals surface area contributed by atoms with Crippen molar-refractivity contribution in [3.8, 4) is 0 Å². The molecule has 1 aliphatic rings. The predicted molar refractivity (Wildman–Crippen MR) is 78.9 cm³/mol. The van der Waals surface area contributed by atoms with E-state index < -0.39 is 0 Å². The molecule has 0 N–H and O–H groups in total. The minimum atomic E-state index is 0.159. The summed E-state index contributed by atoms with van der Waals surface area (Å²) < 4.78 is 5.24. The zero-order chi connectivity index (χ0) is 14.0. The second-order valence-corrected chi connectivity index (χ2v) is 5.79. The Labute approximate surface area is 119 Å². The van der Waals surface area contributed by atoms with Gasteiger partial charge in [-0.05, 0) is 23.6 Å². The smallest absolute Gasteiger partial charge is 0.266 e. The van der Waals surface area contributed by atoms with Crippen molar-refractivity contribution >= 4 is 5.95 Å². The van der Waals surface area contributed by atoms with E-state index in [1.165, 1.54) is 12.0 Å². The number of hydrogen-bond acceptors (Lipinski definition) is 4. The van der Waals surface area contributed by atoms with E-state index in [0.29, 0.717) is 5.89 Å². The molecule has 0 radical (unpaired) electrons. The van der Waals surface area contributed by atoms with E-state index in [9.17, 15) is 0 Å². The molecule has 0 amide bonds. The molecule has 20 heavy (non-hydrogen) atoms. The van der Waals surface area contributed by atoms with E-state index in [0.717, 1.165) is 31.9 Å². The van der Waals surface area contributed by atoms with Gasteiger partial charge in [-0.25, -0.2) is 0 Å². The Balaban J connectivity index is 1.82. The van der Waals surface area contributed by atoms with Gasteiger partial charge in [-0.3, -0.25) is 0 Å². The summed E-state index contributed by atoms with van der Waals surface area (Å²) in [4.78, 5) is 6.71. The second kappa shape index (κ2) is 5.27. The van der Waals surface area contributed by atoms with Crippen LogP contribution in [0.5, 0.6) is 0 Å². The molecule has 1 aliphatic heterocycles. The first-order valence-electron chi connectivity index (χ1n) is 7.34. The molecule has 0 saturated carbocycles. The lowest BCUT2D eigenvalue weighted by Crippen LogP contribution is -2.44. The summed E-state index contributed by atoms with van der Waals surface area (Å²) in [5, 5.41) is 4.11. The Bertz CT molecular complexity index is 566. The summed E-state index contributed by atoms with van der Waals surface area (Å²) >= 11 is 0. The van der Waals surface area contributed by atoms with Crippen LogP contribution in [0.15, 0.2) is 34.9 Å². The van der Waals surface area contributed by atoms with Crippen molar-refractivity contribution in [2.24, 2.45) is 0 Å². The number of aromatic nitrogens is 2. The fourth-order valence-electron chi connectivity index (χ4n) is 3.00. The van der Waals surface area contributed by atoms with Gasteiger partial charge >= 0.3 is 0 Å². The quantitative estimate of drug-likeness (QED) is 0.859. The molecule has 1 aromatic heterocycles. The number of piperidine rings is 1. The largest absolute Gasteiger partial charge is 0.337 e. The summed E-state index contributed by atoms with van der Waals surface area (Å²) in [6.07, 6.45) is 3.14. The van der Waals surface area contributed by atoms with Gasteiger partial charge in [0.05, 0.1) is 0 Å². The minimum Gasteiger partial charge on any atom is -0.337 e. The fraction of sp³-hybridized carbons (Fsp3) is 0.500. The van der Waals surface area contributed by atoms with Gasteiger partial charge in [-0.1, -0.05) is 44.2 Å². The number of anilines is 1. The van der Waals surface area contributed by atoms with Crippen LogP contribution in [0.3, 0.4) is 0 Å². The van der Waals surface area contributed by atoms with Crippen molar-refractivity contribution in [1.29, 1.82) is 0 Å². The lowest BCUT2D eigenvalue weighted by molar-refractivity contribution is 0.357. The standard InChI is InChI=1S/C16H21N3O/c1-3-14-17-15(18-20-14)19-11-7-10-16(2,12-19)13-8-5-4-6-9-13/h4-6,8-9H,3,7,10-12H2,1-2H3/t16-/m0/s1. The average molecular weight is 271 g/mol. The summed E-state index contributed by atoms with van der Waals surface area (Å²) in [6.45, 7) is 6.31. The number of benzene rings is 1. The molecule has 106 valence electrons. The Morgan fingerprint density at radius 1 is 1.30 bits per heavy atom. The number of nitrogens with zero attached hydrogens (tertiary/aromatic N) is 3.